The Morgan fingerprint density at radius 3 is 2.43 bits per heavy atom. The summed E-state index contributed by atoms with van der Waals surface area (Å²) in [5.41, 5.74) is 1.87. The van der Waals surface area contributed by atoms with Crippen LogP contribution in [0.3, 0.4) is 0 Å². The van der Waals surface area contributed by atoms with Crippen LogP contribution in [-0.4, -0.2) is 12.6 Å². The zero-order chi connectivity index (χ0) is 15.3. The van der Waals surface area contributed by atoms with Gasteiger partial charge in [-0.25, -0.2) is 0 Å². The van der Waals surface area contributed by atoms with Gasteiger partial charge in [-0.3, -0.25) is 0 Å². The zero-order valence-corrected chi connectivity index (χ0v) is 13.9. The van der Waals surface area contributed by atoms with E-state index < -0.39 is 0 Å². The predicted molar refractivity (Wildman–Crippen MR) is 93.8 cm³/mol. The minimum absolute atomic E-state index is 0.388. The van der Waals surface area contributed by atoms with Crippen molar-refractivity contribution in [2.24, 2.45) is 5.41 Å². The number of rotatable bonds is 7. The molecule has 0 unspecified atom stereocenters. The Morgan fingerprint density at radius 1 is 0.952 bits per heavy atom. The molecular weight excluding hydrogens is 254 g/mol. The molecule has 0 spiro atoms. The number of aryl methyl sites for hydroxylation is 1. The molecule has 0 amide bonds. The predicted octanol–water partition coefficient (Wildman–Crippen LogP) is 5.19. The lowest BCUT2D eigenvalue weighted by Gasteiger charge is -2.25. The quantitative estimate of drug-likeness (QED) is 0.737. The number of nitrogens with one attached hydrogen (secondary N) is 1. The maximum Gasteiger partial charge on any atom is 0.00103 e. The monoisotopic (exact) mass is 283 g/mol. The van der Waals surface area contributed by atoms with Crippen molar-refractivity contribution in [3.8, 4) is 0 Å². The molecule has 0 radical (unpaired) electrons. The number of hydrogen-bond acceptors (Lipinski definition) is 1. The van der Waals surface area contributed by atoms with Gasteiger partial charge < -0.3 is 5.32 Å². The molecule has 2 rings (SSSR count). The molecule has 0 aliphatic rings. The standard InChI is InChI=1S/C20H29N/c1-16(2)21-15-14-20(3,4)13-12-18-10-7-9-17-8-5-6-11-19(17)18/h5-11,16,21H,12-15H2,1-4H3. The van der Waals surface area contributed by atoms with Gasteiger partial charge in [0.2, 0.25) is 0 Å². The second-order valence-corrected chi connectivity index (χ2v) is 7.16. The van der Waals surface area contributed by atoms with Crippen molar-refractivity contribution in [3.63, 3.8) is 0 Å². The number of benzene rings is 2. The lowest BCUT2D eigenvalue weighted by atomic mass is 9.82. The lowest BCUT2D eigenvalue weighted by Crippen LogP contribution is -2.28. The third kappa shape index (κ3) is 4.86. The Kier molecular flexibility index (Phi) is 5.41. The fourth-order valence-electron chi connectivity index (χ4n) is 2.81. The molecule has 1 nitrogen and oxygen atoms in total. The Morgan fingerprint density at radius 2 is 1.67 bits per heavy atom. The van der Waals surface area contributed by atoms with Crippen molar-refractivity contribution < 1.29 is 0 Å². The summed E-state index contributed by atoms with van der Waals surface area (Å²) in [4.78, 5) is 0. The van der Waals surface area contributed by atoms with Gasteiger partial charge in [0.25, 0.3) is 0 Å². The van der Waals surface area contributed by atoms with E-state index in [1.165, 1.54) is 29.2 Å². The van der Waals surface area contributed by atoms with Gasteiger partial charge >= 0.3 is 0 Å². The summed E-state index contributed by atoms with van der Waals surface area (Å²) in [6, 6.07) is 16.0. The highest BCUT2D eigenvalue weighted by atomic mass is 14.9. The minimum atomic E-state index is 0.388. The molecule has 0 aliphatic heterocycles. The van der Waals surface area contributed by atoms with E-state index in [-0.39, 0.29) is 0 Å². The van der Waals surface area contributed by atoms with Crippen molar-refractivity contribution in [1.29, 1.82) is 0 Å². The van der Waals surface area contributed by atoms with Crippen LogP contribution in [0.1, 0.15) is 46.1 Å². The average molecular weight is 283 g/mol. The van der Waals surface area contributed by atoms with E-state index in [0.717, 1.165) is 13.0 Å². The lowest BCUT2D eigenvalue weighted by molar-refractivity contribution is 0.299. The maximum atomic E-state index is 3.53. The van der Waals surface area contributed by atoms with Gasteiger partial charge in [0, 0.05) is 6.04 Å². The number of hydrogen-bond donors (Lipinski definition) is 1. The first-order chi connectivity index (χ1) is 9.98. The Hall–Kier alpha value is -1.34. The molecule has 114 valence electrons. The van der Waals surface area contributed by atoms with Crippen LogP contribution in [0.5, 0.6) is 0 Å². The molecule has 1 N–H and O–H groups in total. The number of fused-ring (bicyclic) bond motifs is 1. The molecular formula is C20H29N. The molecule has 2 aromatic rings. The summed E-state index contributed by atoms with van der Waals surface area (Å²) in [7, 11) is 0. The van der Waals surface area contributed by atoms with E-state index in [0.29, 0.717) is 11.5 Å². The first kappa shape index (κ1) is 16.0. The summed E-state index contributed by atoms with van der Waals surface area (Å²) in [6.45, 7) is 10.3. The van der Waals surface area contributed by atoms with E-state index in [9.17, 15) is 0 Å². The Balaban J connectivity index is 1.97. The highest BCUT2D eigenvalue weighted by molar-refractivity contribution is 5.85. The van der Waals surface area contributed by atoms with Crippen LogP contribution >= 0.6 is 0 Å². The fourth-order valence-corrected chi connectivity index (χ4v) is 2.81. The zero-order valence-electron chi connectivity index (χ0n) is 13.9. The van der Waals surface area contributed by atoms with Gasteiger partial charge in [-0.05, 0) is 47.6 Å². The van der Waals surface area contributed by atoms with E-state index in [4.69, 9.17) is 0 Å². The van der Waals surface area contributed by atoms with Crippen LogP contribution in [0.4, 0.5) is 0 Å². The average Bonchev–Trinajstić information content (AvgIpc) is 2.44. The van der Waals surface area contributed by atoms with Gasteiger partial charge in [-0.15, -0.1) is 0 Å². The van der Waals surface area contributed by atoms with E-state index in [1.807, 2.05) is 0 Å². The van der Waals surface area contributed by atoms with E-state index in [2.05, 4.69) is 75.5 Å². The van der Waals surface area contributed by atoms with Gasteiger partial charge in [-0.2, -0.15) is 0 Å². The summed E-state index contributed by atoms with van der Waals surface area (Å²) in [5.74, 6) is 0. The van der Waals surface area contributed by atoms with Crippen molar-refractivity contribution in [3.05, 3.63) is 48.0 Å². The molecule has 0 saturated heterocycles. The highest BCUT2D eigenvalue weighted by Gasteiger charge is 2.17. The largest absolute Gasteiger partial charge is 0.315 e. The molecule has 0 aromatic heterocycles. The molecule has 21 heavy (non-hydrogen) atoms. The molecule has 0 saturated carbocycles. The van der Waals surface area contributed by atoms with Crippen LogP contribution in [0.2, 0.25) is 0 Å². The third-order valence-corrected chi connectivity index (χ3v) is 4.31. The Bertz CT molecular complexity index is 564. The molecule has 2 aromatic carbocycles. The molecule has 0 fully saturated rings. The van der Waals surface area contributed by atoms with Crippen molar-refractivity contribution in [1.82, 2.24) is 5.32 Å². The second kappa shape index (κ2) is 7.09. The first-order valence-electron chi connectivity index (χ1n) is 8.18. The van der Waals surface area contributed by atoms with Crippen molar-refractivity contribution >= 4 is 10.8 Å². The molecule has 0 aliphatic carbocycles. The maximum absolute atomic E-state index is 3.53. The van der Waals surface area contributed by atoms with Crippen LogP contribution in [0, 0.1) is 5.41 Å². The Labute approximate surface area is 129 Å². The van der Waals surface area contributed by atoms with Crippen LogP contribution in [0.15, 0.2) is 42.5 Å². The normalized spacial score (nSPS) is 12.2. The first-order valence-corrected chi connectivity index (χ1v) is 8.18. The summed E-state index contributed by atoms with van der Waals surface area (Å²) in [5, 5.41) is 6.30. The van der Waals surface area contributed by atoms with Crippen LogP contribution in [-0.2, 0) is 6.42 Å². The highest BCUT2D eigenvalue weighted by Crippen LogP contribution is 2.28. The van der Waals surface area contributed by atoms with Crippen LogP contribution < -0.4 is 5.32 Å². The summed E-state index contributed by atoms with van der Waals surface area (Å²) < 4.78 is 0. The van der Waals surface area contributed by atoms with Crippen molar-refractivity contribution in [2.45, 2.75) is 53.0 Å². The third-order valence-electron chi connectivity index (χ3n) is 4.31. The smallest absolute Gasteiger partial charge is 0.00103 e. The van der Waals surface area contributed by atoms with Gasteiger partial charge in [0.1, 0.15) is 0 Å². The second-order valence-electron chi connectivity index (χ2n) is 7.16. The van der Waals surface area contributed by atoms with Gasteiger partial charge in [0.15, 0.2) is 0 Å². The van der Waals surface area contributed by atoms with Crippen LogP contribution in [0.25, 0.3) is 10.8 Å². The minimum Gasteiger partial charge on any atom is -0.315 e. The topological polar surface area (TPSA) is 12.0 Å². The van der Waals surface area contributed by atoms with Gasteiger partial charge in [-0.1, -0.05) is 70.2 Å². The molecule has 1 heteroatoms. The SMILES string of the molecule is CC(C)NCCC(C)(C)CCc1cccc2ccccc12. The summed E-state index contributed by atoms with van der Waals surface area (Å²) >= 11 is 0. The molecule has 0 heterocycles. The summed E-state index contributed by atoms with van der Waals surface area (Å²) in [6.07, 6.45) is 3.63. The van der Waals surface area contributed by atoms with E-state index in [1.54, 1.807) is 0 Å². The van der Waals surface area contributed by atoms with Crippen molar-refractivity contribution in [2.75, 3.05) is 6.54 Å². The van der Waals surface area contributed by atoms with E-state index >= 15 is 0 Å². The van der Waals surface area contributed by atoms with Gasteiger partial charge in [0.05, 0.1) is 0 Å². The molecule has 0 atom stereocenters. The fraction of sp³-hybridized carbons (Fsp3) is 0.500. The molecule has 0 bridgehead atoms.